The summed E-state index contributed by atoms with van der Waals surface area (Å²) < 4.78 is 0. The molecular formula is C19H18Cl2N2O3. The van der Waals surface area contributed by atoms with Gasteiger partial charge in [0.25, 0.3) is 11.8 Å². The number of piperazine rings is 1. The zero-order valence-corrected chi connectivity index (χ0v) is 15.7. The van der Waals surface area contributed by atoms with Crippen LogP contribution in [0, 0.1) is 6.92 Å². The SMILES string of the molecule is Cc1ccc(C(=O)N2CCN(C(=O)c3ccc(Cl)cc3Cl)CC2)c(O)c1. The van der Waals surface area contributed by atoms with Gasteiger partial charge in [0.15, 0.2) is 0 Å². The highest BCUT2D eigenvalue weighted by molar-refractivity contribution is 6.36. The van der Waals surface area contributed by atoms with Crippen molar-refractivity contribution in [2.75, 3.05) is 26.2 Å². The minimum atomic E-state index is -0.237. The molecule has 0 atom stereocenters. The number of rotatable bonds is 2. The van der Waals surface area contributed by atoms with E-state index in [9.17, 15) is 14.7 Å². The van der Waals surface area contributed by atoms with Gasteiger partial charge < -0.3 is 14.9 Å². The first-order valence-electron chi connectivity index (χ1n) is 8.20. The Morgan fingerprint density at radius 3 is 1.96 bits per heavy atom. The molecule has 7 heteroatoms. The zero-order chi connectivity index (χ0) is 18.8. The molecule has 1 fully saturated rings. The molecule has 1 saturated heterocycles. The molecule has 0 saturated carbocycles. The summed E-state index contributed by atoms with van der Waals surface area (Å²) in [4.78, 5) is 28.5. The molecule has 1 N–H and O–H groups in total. The fraction of sp³-hybridized carbons (Fsp3) is 0.263. The van der Waals surface area contributed by atoms with Crippen LogP contribution in [0.5, 0.6) is 5.75 Å². The van der Waals surface area contributed by atoms with Gasteiger partial charge in [0.05, 0.1) is 16.1 Å². The molecule has 2 aromatic carbocycles. The lowest BCUT2D eigenvalue weighted by molar-refractivity contribution is 0.0533. The molecule has 0 unspecified atom stereocenters. The molecule has 0 spiro atoms. The summed E-state index contributed by atoms with van der Waals surface area (Å²) >= 11 is 12.0. The molecule has 0 bridgehead atoms. The Hall–Kier alpha value is -2.24. The topological polar surface area (TPSA) is 60.9 Å². The molecule has 1 heterocycles. The van der Waals surface area contributed by atoms with Gasteiger partial charge in [-0.15, -0.1) is 0 Å². The molecule has 26 heavy (non-hydrogen) atoms. The highest BCUT2D eigenvalue weighted by Gasteiger charge is 2.27. The van der Waals surface area contributed by atoms with Crippen molar-refractivity contribution in [2.45, 2.75) is 6.92 Å². The predicted octanol–water partition coefficient (Wildman–Crippen LogP) is 3.61. The van der Waals surface area contributed by atoms with Gasteiger partial charge in [-0.05, 0) is 42.8 Å². The Kier molecular flexibility index (Phi) is 5.39. The Balaban J connectivity index is 1.67. The van der Waals surface area contributed by atoms with Crippen LogP contribution in [0.1, 0.15) is 26.3 Å². The quantitative estimate of drug-likeness (QED) is 0.848. The van der Waals surface area contributed by atoms with Gasteiger partial charge in [-0.25, -0.2) is 0 Å². The Morgan fingerprint density at radius 1 is 0.885 bits per heavy atom. The standard InChI is InChI=1S/C19H18Cl2N2O3/c1-12-2-4-15(17(24)10-12)19(26)23-8-6-22(7-9-23)18(25)14-5-3-13(20)11-16(14)21/h2-5,10-11,24H,6-9H2,1H3. The number of hydrogen-bond donors (Lipinski definition) is 1. The summed E-state index contributed by atoms with van der Waals surface area (Å²) in [6.07, 6.45) is 0. The van der Waals surface area contributed by atoms with E-state index in [1.165, 1.54) is 6.07 Å². The summed E-state index contributed by atoms with van der Waals surface area (Å²) in [6.45, 7) is 3.43. The van der Waals surface area contributed by atoms with Crippen molar-refractivity contribution in [1.82, 2.24) is 9.80 Å². The monoisotopic (exact) mass is 392 g/mol. The minimum absolute atomic E-state index is 0.0264. The lowest BCUT2D eigenvalue weighted by atomic mass is 10.1. The van der Waals surface area contributed by atoms with E-state index >= 15 is 0 Å². The van der Waals surface area contributed by atoms with Crippen molar-refractivity contribution >= 4 is 35.0 Å². The molecule has 2 amide bonds. The third-order valence-corrected chi connectivity index (χ3v) is 4.95. The van der Waals surface area contributed by atoms with Crippen LogP contribution in [-0.2, 0) is 0 Å². The van der Waals surface area contributed by atoms with E-state index in [1.807, 2.05) is 6.92 Å². The van der Waals surface area contributed by atoms with Crippen LogP contribution >= 0.6 is 23.2 Å². The van der Waals surface area contributed by atoms with Crippen molar-refractivity contribution in [3.05, 3.63) is 63.1 Å². The number of carbonyl (C=O) groups is 2. The van der Waals surface area contributed by atoms with Gasteiger partial charge in [-0.3, -0.25) is 9.59 Å². The van der Waals surface area contributed by atoms with Gasteiger partial charge in [-0.2, -0.15) is 0 Å². The molecule has 3 rings (SSSR count). The van der Waals surface area contributed by atoms with Gasteiger partial charge in [0, 0.05) is 31.2 Å². The first-order chi connectivity index (χ1) is 12.4. The number of phenols is 1. The maximum atomic E-state index is 12.6. The maximum absolute atomic E-state index is 12.6. The van der Waals surface area contributed by atoms with E-state index in [-0.39, 0.29) is 23.1 Å². The van der Waals surface area contributed by atoms with E-state index in [1.54, 1.807) is 40.1 Å². The van der Waals surface area contributed by atoms with E-state index in [4.69, 9.17) is 23.2 Å². The number of halogens is 2. The Labute approximate surface area is 161 Å². The molecular weight excluding hydrogens is 375 g/mol. The lowest BCUT2D eigenvalue weighted by Crippen LogP contribution is -2.50. The molecule has 1 aliphatic heterocycles. The molecule has 0 aliphatic carbocycles. The Morgan fingerprint density at radius 2 is 1.42 bits per heavy atom. The molecule has 1 aliphatic rings. The number of nitrogens with zero attached hydrogens (tertiary/aromatic N) is 2. The van der Waals surface area contributed by atoms with Crippen molar-refractivity contribution < 1.29 is 14.7 Å². The fourth-order valence-corrected chi connectivity index (χ4v) is 3.43. The highest BCUT2D eigenvalue weighted by atomic mass is 35.5. The summed E-state index contributed by atoms with van der Waals surface area (Å²) in [5.41, 5.74) is 1.55. The van der Waals surface area contributed by atoms with Crippen LogP contribution in [-0.4, -0.2) is 52.9 Å². The van der Waals surface area contributed by atoms with Crippen molar-refractivity contribution in [1.29, 1.82) is 0 Å². The van der Waals surface area contributed by atoms with Crippen LogP contribution in [0.25, 0.3) is 0 Å². The van der Waals surface area contributed by atoms with Crippen LogP contribution in [0.2, 0.25) is 10.0 Å². The summed E-state index contributed by atoms with van der Waals surface area (Å²) in [5.74, 6) is -0.447. The predicted molar refractivity (Wildman–Crippen MR) is 101 cm³/mol. The number of hydrogen-bond acceptors (Lipinski definition) is 3. The average Bonchev–Trinajstić information content (AvgIpc) is 2.61. The number of phenolic OH excluding ortho intramolecular Hbond substituents is 1. The third kappa shape index (κ3) is 3.79. The fourth-order valence-electron chi connectivity index (χ4n) is 2.94. The van der Waals surface area contributed by atoms with Crippen molar-refractivity contribution in [3.8, 4) is 5.75 Å². The second kappa shape index (κ2) is 7.56. The second-order valence-electron chi connectivity index (χ2n) is 6.23. The number of aryl methyl sites for hydroxylation is 1. The van der Waals surface area contributed by atoms with E-state index in [0.717, 1.165) is 5.56 Å². The summed E-state index contributed by atoms with van der Waals surface area (Å²) in [5, 5.41) is 10.8. The molecule has 136 valence electrons. The largest absolute Gasteiger partial charge is 0.507 e. The highest BCUT2D eigenvalue weighted by Crippen LogP contribution is 2.24. The maximum Gasteiger partial charge on any atom is 0.257 e. The van der Waals surface area contributed by atoms with E-state index in [2.05, 4.69) is 0 Å². The molecule has 0 radical (unpaired) electrons. The molecule has 0 aromatic heterocycles. The smallest absolute Gasteiger partial charge is 0.257 e. The van der Waals surface area contributed by atoms with Crippen molar-refractivity contribution in [3.63, 3.8) is 0 Å². The van der Waals surface area contributed by atoms with Crippen LogP contribution in [0.4, 0.5) is 0 Å². The van der Waals surface area contributed by atoms with Gasteiger partial charge >= 0.3 is 0 Å². The van der Waals surface area contributed by atoms with Gasteiger partial charge in [0.1, 0.15) is 5.75 Å². The van der Waals surface area contributed by atoms with E-state index < -0.39 is 0 Å². The van der Waals surface area contributed by atoms with Crippen LogP contribution < -0.4 is 0 Å². The molecule has 2 aromatic rings. The van der Waals surface area contributed by atoms with Crippen LogP contribution in [0.15, 0.2) is 36.4 Å². The lowest BCUT2D eigenvalue weighted by Gasteiger charge is -2.35. The minimum Gasteiger partial charge on any atom is -0.507 e. The number of amides is 2. The summed E-state index contributed by atoms with van der Waals surface area (Å²) in [6, 6.07) is 9.74. The van der Waals surface area contributed by atoms with Gasteiger partial charge in [-0.1, -0.05) is 29.3 Å². The number of aromatic hydroxyl groups is 1. The normalized spacial score (nSPS) is 14.4. The van der Waals surface area contributed by atoms with Gasteiger partial charge in [0.2, 0.25) is 0 Å². The number of carbonyl (C=O) groups excluding carboxylic acids is 2. The second-order valence-corrected chi connectivity index (χ2v) is 7.07. The third-order valence-electron chi connectivity index (χ3n) is 4.40. The van der Waals surface area contributed by atoms with Crippen LogP contribution in [0.3, 0.4) is 0 Å². The van der Waals surface area contributed by atoms with E-state index in [0.29, 0.717) is 41.8 Å². The Bertz CT molecular complexity index is 790. The first kappa shape index (κ1) is 18.5. The number of benzene rings is 2. The van der Waals surface area contributed by atoms with Crippen molar-refractivity contribution in [2.24, 2.45) is 0 Å². The first-order valence-corrected chi connectivity index (χ1v) is 8.95. The average molecular weight is 393 g/mol. The molecule has 5 nitrogen and oxygen atoms in total. The zero-order valence-electron chi connectivity index (χ0n) is 14.2. The summed E-state index contributed by atoms with van der Waals surface area (Å²) in [7, 11) is 0.